The monoisotopic (exact) mass is 663 g/mol. The van der Waals surface area contributed by atoms with Gasteiger partial charge in [0.05, 0.1) is 0 Å². The molecule has 0 fully saturated rings. The van der Waals surface area contributed by atoms with Crippen LogP contribution in [0.1, 0.15) is 71.7 Å². The standard InChI is InChI=1S/C47H41N3O/c1-2-3-10-31-17-19-34(20-18-31)35-21-24-36(25-22-35)45-48-46(39-26-23-33-13-7-8-14-37(33)29-39)50-47(49-45)41-15-9-16-42-44(41)40-28-27-38(30-43(40)51-42)32-11-5-4-6-12-32/h4-7,11-13,15,17-30,47H,2-3,8-10,14,16H2,1H3,(H,48,49,50). The number of unbranched alkanes of at least 4 members (excludes halogenated alkanes) is 1. The van der Waals surface area contributed by atoms with E-state index >= 15 is 0 Å². The molecule has 5 aromatic carbocycles. The van der Waals surface area contributed by atoms with Crippen LogP contribution in [0.2, 0.25) is 0 Å². The number of hydrogen-bond acceptors (Lipinski definition) is 4. The summed E-state index contributed by atoms with van der Waals surface area (Å²) < 4.78 is 6.58. The lowest BCUT2D eigenvalue weighted by Crippen LogP contribution is -2.38. The summed E-state index contributed by atoms with van der Waals surface area (Å²) in [6.07, 6.45) is 13.8. The molecule has 1 atom stereocenters. The van der Waals surface area contributed by atoms with Gasteiger partial charge in [-0.05, 0) is 89.2 Å². The second-order valence-electron chi connectivity index (χ2n) is 13.9. The Balaban J connectivity index is 1.09. The molecule has 1 aromatic heterocycles. The molecule has 0 spiro atoms. The molecule has 1 unspecified atom stereocenters. The molecule has 250 valence electrons. The largest absolute Gasteiger partial charge is 0.460 e. The molecule has 3 aliphatic rings. The minimum atomic E-state index is -0.406. The third kappa shape index (κ3) is 6.16. The first kappa shape index (κ1) is 31.3. The number of allylic oxidation sites excluding steroid dienone is 2. The lowest BCUT2D eigenvalue weighted by Gasteiger charge is -2.26. The fraction of sp³-hybridized carbons (Fsp3) is 0.191. The normalized spacial score (nSPS) is 16.5. The Labute approximate surface area is 300 Å². The van der Waals surface area contributed by atoms with E-state index in [9.17, 15) is 0 Å². The summed E-state index contributed by atoms with van der Waals surface area (Å²) >= 11 is 0. The molecule has 1 N–H and O–H groups in total. The minimum Gasteiger partial charge on any atom is -0.460 e. The quantitative estimate of drug-likeness (QED) is 0.176. The van der Waals surface area contributed by atoms with Crippen molar-refractivity contribution >= 4 is 34.3 Å². The Morgan fingerprint density at radius 1 is 0.686 bits per heavy atom. The fourth-order valence-corrected chi connectivity index (χ4v) is 7.67. The van der Waals surface area contributed by atoms with Crippen molar-refractivity contribution in [2.24, 2.45) is 9.98 Å². The molecule has 2 heterocycles. The van der Waals surface area contributed by atoms with Gasteiger partial charge in [0.2, 0.25) is 0 Å². The van der Waals surface area contributed by atoms with E-state index in [4.69, 9.17) is 14.4 Å². The zero-order chi connectivity index (χ0) is 34.1. The van der Waals surface area contributed by atoms with Gasteiger partial charge in [-0.3, -0.25) is 0 Å². The van der Waals surface area contributed by atoms with E-state index in [0.29, 0.717) is 0 Å². The highest BCUT2D eigenvalue weighted by Gasteiger charge is 2.29. The smallest absolute Gasteiger partial charge is 0.170 e. The second-order valence-corrected chi connectivity index (χ2v) is 13.9. The van der Waals surface area contributed by atoms with Gasteiger partial charge in [-0.1, -0.05) is 129 Å². The highest BCUT2D eigenvalue weighted by molar-refractivity contribution is 6.17. The van der Waals surface area contributed by atoms with Crippen molar-refractivity contribution < 1.29 is 4.42 Å². The van der Waals surface area contributed by atoms with Crippen LogP contribution < -0.4 is 5.32 Å². The first-order chi connectivity index (χ1) is 25.2. The Kier molecular flexibility index (Phi) is 8.29. The molecule has 2 aliphatic carbocycles. The minimum absolute atomic E-state index is 0.406. The number of amidine groups is 2. The van der Waals surface area contributed by atoms with Crippen LogP contribution in [-0.2, 0) is 19.3 Å². The summed E-state index contributed by atoms with van der Waals surface area (Å²) in [7, 11) is 0. The summed E-state index contributed by atoms with van der Waals surface area (Å²) in [5.74, 6) is 2.70. The summed E-state index contributed by atoms with van der Waals surface area (Å²) in [5.41, 5.74) is 14.1. The molecular weight excluding hydrogens is 623 g/mol. The lowest BCUT2D eigenvalue weighted by molar-refractivity contribution is 0.544. The average Bonchev–Trinajstić information content (AvgIpc) is 3.58. The fourth-order valence-electron chi connectivity index (χ4n) is 7.67. The molecule has 6 aromatic rings. The predicted molar refractivity (Wildman–Crippen MR) is 212 cm³/mol. The number of benzene rings is 5. The third-order valence-corrected chi connectivity index (χ3v) is 10.5. The molecule has 51 heavy (non-hydrogen) atoms. The number of rotatable bonds is 8. The average molecular weight is 664 g/mol. The first-order valence-corrected chi connectivity index (χ1v) is 18.4. The van der Waals surface area contributed by atoms with E-state index < -0.39 is 6.17 Å². The number of nitrogens with one attached hydrogen (secondary N) is 1. The van der Waals surface area contributed by atoms with Crippen molar-refractivity contribution in [3.05, 3.63) is 167 Å². The maximum atomic E-state index is 6.58. The highest BCUT2D eigenvalue weighted by atomic mass is 16.3. The van der Waals surface area contributed by atoms with Gasteiger partial charge in [-0.15, -0.1) is 0 Å². The summed E-state index contributed by atoms with van der Waals surface area (Å²) in [5, 5.41) is 4.78. The van der Waals surface area contributed by atoms with Crippen molar-refractivity contribution in [1.82, 2.24) is 5.32 Å². The predicted octanol–water partition coefficient (Wildman–Crippen LogP) is 11.2. The van der Waals surface area contributed by atoms with Crippen LogP contribution in [0.25, 0.3) is 44.9 Å². The van der Waals surface area contributed by atoms with Crippen LogP contribution in [0.15, 0.2) is 142 Å². The Morgan fingerprint density at radius 3 is 2.20 bits per heavy atom. The number of nitrogens with zero attached hydrogens (tertiary/aromatic N) is 2. The Bertz CT molecular complexity index is 2360. The van der Waals surface area contributed by atoms with Crippen LogP contribution >= 0.6 is 0 Å². The van der Waals surface area contributed by atoms with Crippen molar-refractivity contribution in [1.29, 1.82) is 0 Å². The zero-order valence-corrected chi connectivity index (χ0v) is 29.0. The molecule has 0 saturated carbocycles. The van der Waals surface area contributed by atoms with Crippen LogP contribution in [0.5, 0.6) is 0 Å². The maximum Gasteiger partial charge on any atom is 0.170 e. The van der Waals surface area contributed by atoms with Gasteiger partial charge in [-0.2, -0.15) is 0 Å². The summed E-state index contributed by atoms with van der Waals surface area (Å²) in [6.45, 7) is 2.24. The Morgan fingerprint density at radius 2 is 1.39 bits per heavy atom. The number of furan rings is 1. The van der Waals surface area contributed by atoms with E-state index in [1.807, 2.05) is 0 Å². The van der Waals surface area contributed by atoms with E-state index in [-0.39, 0.29) is 0 Å². The lowest BCUT2D eigenvalue weighted by atomic mass is 9.91. The first-order valence-electron chi connectivity index (χ1n) is 18.4. The van der Waals surface area contributed by atoms with Gasteiger partial charge in [0, 0.05) is 34.1 Å². The molecule has 0 amide bonds. The molecule has 9 rings (SSSR count). The van der Waals surface area contributed by atoms with Crippen molar-refractivity contribution in [3.8, 4) is 22.3 Å². The van der Waals surface area contributed by atoms with E-state index in [1.54, 1.807) is 0 Å². The van der Waals surface area contributed by atoms with Gasteiger partial charge >= 0.3 is 0 Å². The van der Waals surface area contributed by atoms with Crippen LogP contribution in [0.4, 0.5) is 0 Å². The molecule has 1 aliphatic heterocycles. The van der Waals surface area contributed by atoms with Crippen LogP contribution in [-0.4, -0.2) is 17.8 Å². The summed E-state index contributed by atoms with van der Waals surface area (Å²) in [4.78, 5) is 10.7. The van der Waals surface area contributed by atoms with Crippen LogP contribution in [0.3, 0.4) is 0 Å². The number of aryl methyl sites for hydroxylation is 3. The number of aliphatic imine (C=N–C) groups is 2. The van der Waals surface area contributed by atoms with Crippen molar-refractivity contribution in [3.63, 3.8) is 0 Å². The number of hydrogen-bond donors (Lipinski definition) is 1. The van der Waals surface area contributed by atoms with Crippen molar-refractivity contribution in [2.45, 2.75) is 58.0 Å². The second kappa shape index (κ2) is 13.5. The molecule has 4 heteroatoms. The van der Waals surface area contributed by atoms with Gasteiger partial charge in [-0.25, -0.2) is 9.98 Å². The maximum absolute atomic E-state index is 6.58. The highest BCUT2D eigenvalue weighted by Crippen LogP contribution is 2.40. The van der Waals surface area contributed by atoms with Crippen molar-refractivity contribution in [2.75, 3.05) is 0 Å². The van der Waals surface area contributed by atoms with Gasteiger partial charge < -0.3 is 9.73 Å². The zero-order valence-electron chi connectivity index (χ0n) is 29.0. The SMILES string of the molecule is CCCCc1ccc(-c2ccc(C3=NC(C4=CCCc5oc6cc(-c7ccccc7)ccc6c54)N=C(c4ccc5c(c4)CCC=C5)N3)cc2)cc1. The van der Waals surface area contributed by atoms with Crippen LogP contribution in [0, 0.1) is 0 Å². The molecule has 4 nitrogen and oxygen atoms in total. The summed E-state index contributed by atoms with van der Waals surface area (Å²) in [6, 6.07) is 41.6. The Hall–Kier alpha value is -5.74. The molecular formula is C47H41N3O. The van der Waals surface area contributed by atoms with Gasteiger partial charge in [0.1, 0.15) is 23.0 Å². The molecule has 0 saturated heterocycles. The van der Waals surface area contributed by atoms with E-state index in [2.05, 4.69) is 146 Å². The van der Waals surface area contributed by atoms with Gasteiger partial charge in [0.15, 0.2) is 6.17 Å². The third-order valence-electron chi connectivity index (χ3n) is 10.5. The molecule has 0 bridgehead atoms. The molecule has 0 radical (unpaired) electrons. The van der Waals surface area contributed by atoms with Gasteiger partial charge in [0.25, 0.3) is 0 Å². The number of fused-ring (bicyclic) bond motifs is 4. The van der Waals surface area contributed by atoms with E-state index in [0.717, 1.165) is 88.3 Å². The van der Waals surface area contributed by atoms with E-state index in [1.165, 1.54) is 46.2 Å². The topological polar surface area (TPSA) is 49.9 Å².